The standard InChI is InChI=1S/C18H21NO4S2/c1-4-5-10-23-14-8-6-13(7-9-14)11-15-16(20)19(18(24)25-15)12(2)17(21)22-3/h6-9,11-12H,4-5,10H2,1-3H3/b15-11-/t12-/m1/s1. The molecule has 1 aromatic carbocycles. The van der Waals surface area contributed by atoms with Crippen molar-refractivity contribution in [2.45, 2.75) is 32.7 Å². The normalized spacial score (nSPS) is 17.1. The van der Waals surface area contributed by atoms with Crippen molar-refractivity contribution in [3.05, 3.63) is 34.7 Å². The molecular formula is C18H21NO4S2. The predicted molar refractivity (Wildman–Crippen MR) is 103 cm³/mol. The fourth-order valence-electron chi connectivity index (χ4n) is 2.24. The number of amides is 1. The molecule has 0 bridgehead atoms. The second-order valence-electron chi connectivity index (χ2n) is 5.52. The summed E-state index contributed by atoms with van der Waals surface area (Å²) < 4.78 is 10.7. The average molecular weight is 380 g/mol. The van der Waals surface area contributed by atoms with Crippen LogP contribution in [0.1, 0.15) is 32.3 Å². The predicted octanol–water partition coefficient (Wildman–Crippen LogP) is 3.63. The number of rotatable bonds is 7. The van der Waals surface area contributed by atoms with Crippen LogP contribution >= 0.6 is 24.0 Å². The second-order valence-corrected chi connectivity index (χ2v) is 7.20. The van der Waals surface area contributed by atoms with E-state index in [2.05, 4.69) is 6.92 Å². The van der Waals surface area contributed by atoms with Gasteiger partial charge in [0.1, 0.15) is 16.1 Å². The van der Waals surface area contributed by atoms with Crippen LogP contribution in [0.15, 0.2) is 29.2 Å². The second kappa shape index (κ2) is 9.01. The average Bonchev–Trinajstić information content (AvgIpc) is 2.89. The van der Waals surface area contributed by atoms with Crippen molar-refractivity contribution in [2.75, 3.05) is 13.7 Å². The zero-order valence-corrected chi connectivity index (χ0v) is 16.1. The van der Waals surface area contributed by atoms with E-state index in [0.717, 1.165) is 24.2 Å². The summed E-state index contributed by atoms with van der Waals surface area (Å²) in [4.78, 5) is 26.0. The molecule has 5 nitrogen and oxygen atoms in total. The molecule has 0 saturated carbocycles. The maximum absolute atomic E-state index is 12.5. The first-order chi connectivity index (χ1) is 12.0. The zero-order chi connectivity index (χ0) is 18.4. The minimum atomic E-state index is -0.738. The van der Waals surface area contributed by atoms with E-state index in [9.17, 15) is 9.59 Å². The Morgan fingerprint density at radius 1 is 1.36 bits per heavy atom. The number of carbonyl (C=O) groups excluding carboxylic acids is 2. The molecule has 0 unspecified atom stereocenters. The van der Waals surface area contributed by atoms with Gasteiger partial charge in [-0.2, -0.15) is 0 Å². The minimum Gasteiger partial charge on any atom is -0.494 e. The lowest BCUT2D eigenvalue weighted by atomic mass is 10.2. The van der Waals surface area contributed by atoms with Crippen molar-refractivity contribution >= 4 is 46.3 Å². The summed E-state index contributed by atoms with van der Waals surface area (Å²) in [6, 6.07) is 6.78. The van der Waals surface area contributed by atoms with Crippen molar-refractivity contribution in [2.24, 2.45) is 0 Å². The van der Waals surface area contributed by atoms with Crippen molar-refractivity contribution < 1.29 is 19.1 Å². The number of hydrogen-bond acceptors (Lipinski definition) is 6. The number of unbranched alkanes of at least 4 members (excludes halogenated alkanes) is 1. The SMILES string of the molecule is CCCCOc1ccc(/C=C2\SC(=S)N([C@H](C)C(=O)OC)C2=O)cc1. The van der Waals surface area contributed by atoms with E-state index in [0.29, 0.717) is 15.8 Å². The van der Waals surface area contributed by atoms with Gasteiger partial charge in [0, 0.05) is 0 Å². The van der Waals surface area contributed by atoms with E-state index in [-0.39, 0.29) is 5.91 Å². The number of esters is 1. The summed E-state index contributed by atoms with van der Waals surface area (Å²) in [5, 5.41) is 0. The summed E-state index contributed by atoms with van der Waals surface area (Å²) >= 11 is 6.42. The molecule has 1 heterocycles. The number of thiocarbonyl (C=S) groups is 1. The third-order valence-electron chi connectivity index (χ3n) is 3.70. The molecule has 1 fully saturated rings. The van der Waals surface area contributed by atoms with Crippen molar-refractivity contribution in [3.8, 4) is 5.75 Å². The molecule has 1 saturated heterocycles. The fraction of sp³-hybridized carbons (Fsp3) is 0.389. The lowest BCUT2D eigenvalue weighted by Crippen LogP contribution is -2.42. The number of nitrogens with zero attached hydrogens (tertiary/aromatic N) is 1. The Hall–Kier alpha value is -1.86. The van der Waals surface area contributed by atoms with Crippen LogP contribution in [0.4, 0.5) is 0 Å². The van der Waals surface area contributed by atoms with E-state index >= 15 is 0 Å². The van der Waals surface area contributed by atoms with Crippen molar-refractivity contribution in [1.29, 1.82) is 0 Å². The highest BCUT2D eigenvalue weighted by Gasteiger charge is 2.38. The lowest BCUT2D eigenvalue weighted by molar-refractivity contribution is -0.147. The van der Waals surface area contributed by atoms with E-state index in [4.69, 9.17) is 21.7 Å². The van der Waals surface area contributed by atoms with Gasteiger partial charge in [0.05, 0.1) is 18.6 Å². The third kappa shape index (κ3) is 4.83. The number of thioether (sulfide) groups is 1. The molecule has 0 aromatic heterocycles. The van der Waals surface area contributed by atoms with Gasteiger partial charge in [-0.15, -0.1) is 0 Å². The van der Waals surface area contributed by atoms with Crippen LogP contribution in [0.2, 0.25) is 0 Å². The van der Waals surface area contributed by atoms with Gasteiger partial charge in [0.15, 0.2) is 0 Å². The fourth-order valence-corrected chi connectivity index (χ4v) is 3.65. The van der Waals surface area contributed by atoms with Crippen LogP contribution in [0.25, 0.3) is 6.08 Å². The van der Waals surface area contributed by atoms with E-state index in [1.807, 2.05) is 24.3 Å². The Balaban J connectivity index is 2.09. The van der Waals surface area contributed by atoms with E-state index in [1.54, 1.807) is 13.0 Å². The first-order valence-electron chi connectivity index (χ1n) is 8.05. The number of carbonyl (C=O) groups is 2. The molecule has 1 aliphatic heterocycles. The van der Waals surface area contributed by atoms with Gasteiger partial charge in [0.2, 0.25) is 0 Å². The number of benzene rings is 1. The lowest BCUT2D eigenvalue weighted by Gasteiger charge is -2.20. The topological polar surface area (TPSA) is 55.8 Å². The molecule has 0 spiro atoms. The molecule has 0 N–H and O–H groups in total. The Morgan fingerprint density at radius 3 is 2.64 bits per heavy atom. The van der Waals surface area contributed by atoms with E-state index < -0.39 is 12.0 Å². The number of hydrogen-bond donors (Lipinski definition) is 0. The van der Waals surface area contributed by atoms with E-state index in [1.165, 1.54) is 23.8 Å². The highest BCUT2D eigenvalue weighted by Crippen LogP contribution is 2.34. The Kier molecular flexibility index (Phi) is 7.01. The smallest absolute Gasteiger partial charge is 0.328 e. The van der Waals surface area contributed by atoms with Gasteiger partial charge in [0.25, 0.3) is 5.91 Å². The quantitative estimate of drug-likeness (QED) is 0.312. The van der Waals surface area contributed by atoms with Gasteiger partial charge in [-0.05, 0) is 37.1 Å². The molecule has 2 rings (SSSR count). The van der Waals surface area contributed by atoms with Gasteiger partial charge < -0.3 is 9.47 Å². The maximum atomic E-state index is 12.5. The largest absolute Gasteiger partial charge is 0.494 e. The van der Waals surface area contributed by atoms with Crippen molar-refractivity contribution in [3.63, 3.8) is 0 Å². The first-order valence-corrected chi connectivity index (χ1v) is 9.28. The van der Waals surface area contributed by atoms with Crippen LogP contribution in [-0.4, -0.2) is 40.9 Å². The Labute approximate surface area is 157 Å². The Bertz CT molecular complexity index is 685. The number of methoxy groups -OCH3 is 1. The highest BCUT2D eigenvalue weighted by atomic mass is 32.2. The summed E-state index contributed by atoms with van der Waals surface area (Å²) in [6.45, 7) is 4.41. The molecule has 0 radical (unpaired) electrons. The van der Waals surface area contributed by atoms with Gasteiger partial charge in [-0.1, -0.05) is 49.5 Å². The molecule has 1 aliphatic rings. The first kappa shape index (κ1) is 19.5. The molecule has 25 heavy (non-hydrogen) atoms. The minimum absolute atomic E-state index is 0.281. The number of ether oxygens (including phenoxy) is 2. The van der Waals surface area contributed by atoms with Crippen LogP contribution in [0, 0.1) is 0 Å². The Morgan fingerprint density at radius 2 is 2.04 bits per heavy atom. The zero-order valence-electron chi connectivity index (χ0n) is 14.5. The molecule has 1 amide bonds. The molecule has 1 atom stereocenters. The van der Waals surface area contributed by atoms with Gasteiger partial charge in [-0.25, -0.2) is 4.79 Å². The van der Waals surface area contributed by atoms with Crippen LogP contribution < -0.4 is 4.74 Å². The molecule has 7 heteroatoms. The molecule has 0 aliphatic carbocycles. The molecule has 134 valence electrons. The summed E-state index contributed by atoms with van der Waals surface area (Å²) in [5.74, 6) is 0.0276. The molecular weight excluding hydrogens is 358 g/mol. The van der Waals surface area contributed by atoms with Gasteiger partial charge >= 0.3 is 5.97 Å². The molecule has 1 aromatic rings. The summed E-state index contributed by atoms with van der Waals surface area (Å²) in [6.07, 6.45) is 3.87. The van der Waals surface area contributed by atoms with Crippen LogP contribution in [0.3, 0.4) is 0 Å². The summed E-state index contributed by atoms with van der Waals surface area (Å²) in [7, 11) is 1.29. The van der Waals surface area contributed by atoms with Gasteiger partial charge in [-0.3, -0.25) is 9.69 Å². The third-order valence-corrected chi connectivity index (χ3v) is 5.03. The summed E-state index contributed by atoms with van der Waals surface area (Å²) in [5.41, 5.74) is 0.870. The monoisotopic (exact) mass is 379 g/mol. The van der Waals surface area contributed by atoms with Crippen LogP contribution in [0.5, 0.6) is 5.75 Å². The highest BCUT2D eigenvalue weighted by molar-refractivity contribution is 8.26. The maximum Gasteiger partial charge on any atom is 0.328 e. The van der Waals surface area contributed by atoms with Crippen molar-refractivity contribution in [1.82, 2.24) is 4.90 Å². The van der Waals surface area contributed by atoms with Crippen LogP contribution in [-0.2, 0) is 14.3 Å².